The van der Waals surface area contributed by atoms with Gasteiger partial charge in [0.25, 0.3) is 0 Å². The maximum Gasteiger partial charge on any atom is 0.148 e. The second-order valence-electron chi connectivity index (χ2n) is 5.76. The van der Waals surface area contributed by atoms with Crippen molar-refractivity contribution in [1.82, 2.24) is 0 Å². The minimum atomic E-state index is 0.0992. The summed E-state index contributed by atoms with van der Waals surface area (Å²) in [5, 5.41) is 0. The van der Waals surface area contributed by atoms with Crippen LogP contribution in [-0.4, -0.2) is 6.61 Å². The molecule has 100 valence electrons. The van der Waals surface area contributed by atoms with Crippen LogP contribution in [0.2, 0.25) is 0 Å². The summed E-state index contributed by atoms with van der Waals surface area (Å²) >= 11 is 0. The second-order valence-corrected chi connectivity index (χ2v) is 5.76. The number of ether oxygens (including phenoxy) is 1. The maximum absolute atomic E-state index is 5.85. The highest BCUT2D eigenvalue weighted by atomic mass is 16.5. The Kier molecular flexibility index (Phi) is 4.00. The van der Waals surface area contributed by atoms with Crippen molar-refractivity contribution in [3.8, 4) is 18.1 Å². The normalized spacial score (nSPS) is 13.9. The third kappa shape index (κ3) is 3.20. The van der Waals surface area contributed by atoms with Gasteiger partial charge in [-0.25, -0.2) is 0 Å². The topological polar surface area (TPSA) is 9.23 Å². The van der Waals surface area contributed by atoms with E-state index in [4.69, 9.17) is 11.2 Å². The van der Waals surface area contributed by atoms with Crippen LogP contribution in [-0.2, 0) is 5.41 Å². The van der Waals surface area contributed by atoms with Gasteiger partial charge in [-0.15, -0.1) is 6.42 Å². The third-order valence-corrected chi connectivity index (χ3v) is 3.86. The molecule has 0 aliphatic heterocycles. The Morgan fingerprint density at radius 2 is 2.11 bits per heavy atom. The van der Waals surface area contributed by atoms with Crippen molar-refractivity contribution in [2.45, 2.75) is 45.4 Å². The van der Waals surface area contributed by atoms with Crippen molar-refractivity contribution in [3.63, 3.8) is 0 Å². The van der Waals surface area contributed by atoms with Crippen molar-refractivity contribution in [3.05, 3.63) is 34.9 Å². The van der Waals surface area contributed by atoms with Crippen LogP contribution in [0.25, 0.3) is 6.08 Å². The molecule has 1 nitrogen and oxygen atoms in total. The van der Waals surface area contributed by atoms with Crippen LogP contribution >= 0.6 is 0 Å². The van der Waals surface area contributed by atoms with E-state index in [1.165, 1.54) is 29.5 Å². The third-order valence-electron chi connectivity index (χ3n) is 3.86. The molecule has 2 rings (SSSR count). The minimum absolute atomic E-state index is 0.0992. The average Bonchev–Trinajstić information content (AvgIpc) is 3.21. The van der Waals surface area contributed by atoms with Gasteiger partial charge in [0.15, 0.2) is 0 Å². The van der Waals surface area contributed by atoms with Crippen LogP contribution in [0.4, 0.5) is 0 Å². The van der Waals surface area contributed by atoms with Crippen LogP contribution in [0.15, 0.2) is 23.8 Å². The van der Waals surface area contributed by atoms with E-state index in [2.05, 4.69) is 51.0 Å². The molecule has 1 aromatic rings. The quantitative estimate of drug-likeness (QED) is 0.700. The van der Waals surface area contributed by atoms with Gasteiger partial charge in [-0.3, -0.25) is 0 Å². The van der Waals surface area contributed by atoms with Gasteiger partial charge in [-0.2, -0.15) is 0 Å². The van der Waals surface area contributed by atoms with Crippen LogP contribution in [0.1, 0.15) is 51.2 Å². The van der Waals surface area contributed by atoms with E-state index in [1.807, 2.05) is 0 Å². The highest BCUT2D eigenvalue weighted by molar-refractivity contribution is 5.65. The molecule has 0 spiro atoms. The molecule has 1 fully saturated rings. The largest absolute Gasteiger partial charge is 0.480 e. The van der Waals surface area contributed by atoms with Crippen LogP contribution in [0.3, 0.4) is 0 Å². The Morgan fingerprint density at radius 1 is 1.37 bits per heavy atom. The standard InChI is InChI=1S/C18H22O/c1-5-12-19-17-15(13-14-10-11-14)8-7-9-16(17)18(3,4)6-2/h1,7-9,13H,6,10-12H2,2-4H3. The Balaban J connectivity index is 2.47. The number of terminal acetylenes is 1. The van der Waals surface area contributed by atoms with Gasteiger partial charge >= 0.3 is 0 Å². The fraction of sp³-hybridized carbons (Fsp3) is 0.444. The van der Waals surface area contributed by atoms with Crippen LogP contribution < -0.4 is 4.74 Å². The van der Waals surface area contributed by atoms with E-state index in [0.29, 0.717) is 6.61 Å². The fourth-order valence-electron chi connectivity index (χ4n) is 2.10. The number of para-hydroxylation sites is 1. The molecule has 0 amide bonds. The van der Waals surface area contributed by atoms with Crippen molar-refractivity contribution in [1.29, 1.82) is 0 Å². The Labute approximate surface area is 116 Å². The van der Waals surface area contributed by atoms with Gasteiger partial charge in [0.2, 0.25) is 0 Å². The lowest BCUT2D eigenvalue weighted by atomic mass is 9.81. The predicted octanol–water partition coefficient (Wildman–Crippen LogP) is 4.56. The van der Waals surface area contributed by atoms with Crippen molar-refractivity contribution in [2.24, 2.45) is 0 Å². The molecule has 0 bridgehead atoms. The molecule has 1 aliphatic carbocycles. The summed E-state index contributed by atoms with van der Waals surface area (Å²) in [5.74, 6) is 3.53. The lowest BCUT2D eigenvalue weighted by Gasteiger charge is -2.26. The zero-order chi connectivity index (χ0) is 13.9. The fourth-order valence-corrected chi connectivity index (χ4v) is 2.10. The molecule has 1 saturated carbocycles. The van der Waals surface area contributed by atoms with E-state index in [0.717, 1.165) is 12.2 Å². The first-order valence-corrected chi connectivity index (χ1v) is 6.97. The molecule has 0 unspecified atom stereocenters. The number of allylic oxidation sites excluding steroid dienone is 1. The summed E-state index contributed by atoms with van der Waals surface area (Å²) in [7, 11) is 0. The van der Waals surface area contributed by atoms with Gasteiger partial charge in [0.05, 0.1) is 0 Å². The summed E-state index contributed by atoms with van der Waals surface area (Å²) in [4.78, 5) is 0. The molecule has 1 aromatic carbocycles. The molecule has 0 aromatic heterocycles. The van der Waals surface area contributed by atoms with Crippen molar-refractivity contribution >= 4 is 6.08 Å². The monoisotopic (exact) mass is 254 g/mol. The van der Waals surface area contributed by atoms with Gasteiger partial charge < -0.3 is 4.74 Å². The lowest BCUT2D eigenvalue weighted by Crippen LogP contribution is -2.17. The zero-order valence-corrected chi connectivity index (χ0v) is 12.1. The zero-order valence-electron chi connectivity index (χ0n) is 12.1. The summed E-state index contributed by atoms with van der Waals surface area (Å²) in [6, 6.07) is 6.39. The number of benzene rings is 1. The van der Waals surface area contributed by atoms with E-state index < -0.39 is 0 Å². The van der Waals surface area contributed by atoms with Crippen LogP contribution in [0, 0.1) is 12.3 Å². The van der Waals surface area contributed by atoms with Gasteiger partial charge in [-0.05, 0) is 24.7 Å². The van der Waals surface area contributed by atoms with Gasteiger partial charge in [0.1, 0.15) is 12.4 Å². The molecular formula is C18H22O. The van der Waals surface area contributed by atoms with E-state index >= 15 is 0 Å². The number of hydrogen-bond donors (Lipinski definition) is 0. The van der Waals surface area contributed by atoms with E-state index in [1.54, 1.807) is 0 Å². The smallest absolute Gasteiger partial charge is 0.148 e. The summed E-state index contributed by atoms with van der Waals surface area (Å²) in [5.41, 5.74) is 4.01. The molecule has 1 aliphatic rings. The summed E-state index contributed by atoms with van der Waals surface area (Å²) < 4.78 is 5.85. The Hall–Kier alpha value is -1.68. The predicted molar refractivity (Wildman–Crippen MR) is 81.3 cm³/mol. The first-order valence-electron chi connectivity index (χ1n) is 6.97. The van der Waals surface area contributed by atoms with Gasteiger partial charge in [0, 0.05) is 11.1 Å². The number of rotatable bonds is 5. The van der Waals surface area contributed by atoms with E-state index in [-0.39, 0.29) is 5.41 Å². The molecule has 0 radical (unpaired) electrons. The first kappa shape index (κ1) is 13.7. The van der Waals surface area contributed by atoms with Crippen LogP contribution in [0.5, 0.6) is 5.75 Å². The SMILES string of the molecule is C#CCOc1c(C=C2CC2)cccc1C(C)(C)CC. The highest BCUT2D eigenvalue weighted by Crippen LogP contribution is 2.39. The van der Waals surface area contributed by atoms with E-state index in [9.17, 15) is 0 Å². The highest BCUT2D eigenvalue weighted by Gasteiger charge is 2.24. The van der Waals surface area contributed by atoms with Crippen molar-refractivity contribution < 1.29 is 4.74 Å². The lowest BCUT2D eigenvalue weighted by molar-refractivity contribution is 0.352. The minimum Gasteiger partial charge on any atom is -0.480 e. The summed E-state index contributed by atoms with van der Waals surface area (Å²) in [6.45, 7) is 7.03. The molecule has 0 heterocycles. The first-order chi connectivity index (χ1) is 9.08. The molecular weight excluding hydrogens is 232 g/mol. The Morgan fingerprint density at radius 3 is 2.68 bits per heavy atom. The van der Waals surface area contributed by atoms with Gasteiger partial charge in [-0.1, -0.05) is 56.5 Å². The molecule has 1 heteroatoms. The van der Waals surface area contributed by atoms with Crippen molar-refractivity contribution in [2.75, 3.05) is 6.61 Å². The molecule has 0 saturated heterocycles. The molecule has 0 atom stereocenters. The second kappa shape index (κ2) is 5.53. The number of hydrogen-bond acceptors (Lipinski definition) is 1. The maximum atomic E-state index is 5.85. The molecule has 19 heavy (non-hydrogen) atoms. The molecule has 0 N–H and O–H groups in total. The Bertz CT molecular complexity index is 523. The average molecular weight is 254 g/mol. The summed E-state index contributed by atoms with van der Waals surface area (Å²) in [6.07, 6.45) is 11.1.